The molecule has 69 heavy (non-hydrogen) atoms. The standard InChI is InChI=1S/C60H97NO8/c1-6-8-10-12-14-16-17-18-19-20-21-22-23-24-25-26-27-28-29-30-31-32-33-34-35-36-37-38-39-40-41-43-45-47-49-51-58(63)69-56(55-68-60(59(64)65)66-53-52-61(3,4)5)54-67-57(62)50-48-46-44-42-15-13-11-9-7-2/h8,10,14,16,18-19,21-22,24-25,27-28,30-31,33-34,36-37,39-40,56,60H,6-7,9,11-13,15,17,20,23,26,29,32,35,38,41-55H2,1-5H3/p+1/b10-8-,16-14-,19-18-,22-21-,25-24-,28-27-,31-30-,34-33-,37-36-,40-39-. The predicted molar refractivity (Wildman–Crippen MR) is 290 cm³/mol. The Morgan fingerprint density at radius 2 is 0.826 bits per heavy atom. The average molecular weight is 961 g/mol. The van der Waals surface area contributed by atoms with Crippen LogP contribution in [0.5, 0.6) is 0 Å². The molecule has 0 rings (SSSR count). The van der Waals surface area contributed by atoms with Crippen molar-refractivity contribution in [1.82, 2.24) is 0 Å². The van der Waals surface area contributed by atoms with Gasteiger partial charge in [0.25, 0.3) is 6.29 Å². The maximum Gasteiger partial charge on any atom is 0.361 e. The smallest absolute Gasteiger partial charge is 0.361 e. The van der Waals surface area contributed by atoms with Gasteiger partial charge in [-0.25, -0.2) is 4.79 Å². The lowest BCUT2D eigenvalue weighted by Crippen LogP contribution is -2.40. The summed E-state index contributed by atoms with van der Waals surface area (Å²) >= 11 is 0. The normalized spacial score (nSPS) is 13.8. The largest absolute Gasteiger partial charge is 0.477 e. The lowest BCUT2D eigenvalue weighted by atomic mass is 10.1. The van der Waals surface area contributed by atoms with Gasteiger partial charge in [-0.3, -0.25) is 9.59 Å². The van der Waals surface area contributed by atoms with Crippen molar-refractivity contribution in [3.05, 3.63) is 122 Å². The summed E-state index contributed by atoms with van der Waals surface area (Å²) in [6.07, 6.45) is 67.2. The molecule has 0 radical (unpaired) electrons. The Morgan fingerprint density at radius 1 is 0.449 bits per heavy atom. The summed E-state index contributed by atoms with van der Waals surface area (Å²) in [5, 5.41) is 9.64. The third-order valence-corrected chi connectivity index (χ3v) is 10.7. The first-order valence-electron chi connectivity index (χ1n) is 26.7. The molecule has 1 N–H and O–H groups in total. The Hall–Kier alpha value is -4.31. The van der Waals surface area contributed by atoms with Gasteiger partial charge in [0, 0.05) is 12.8 Å². The van der Waals surface area contributed by atoms with Crippen LogP contribution >= 0.6 is 0 Å². The second kappa shape index (κ2) is 50.1. The van der Waals surface area contributed by atoms with E-state index < -0.39 is 24.3 Å². The number of quaternary nitrogens is 1. The summed E-state index contributed by atoms with van der Waals surface area (Å²) in [5.41, 5.74) is 0. The van der Waals surface area contributed by atoms with E-state index in [2.05, 4.69) is 135 Å². The van der Waals surface area contributed by atoms with Crippen LogP contribution in [0.1, 0.15) is 181 Å². The second-order valence-electron chi connectivity index (χ2n) is 18.5. The lowest BCUT2D eigenvalue weighted by molar-refractivity contribution is -0.870. The molecule has 0 aliphatic carbocycles. The molecule has 0 fully saturated rings. The van der Waals surface area contributed by atoms with Gasteiger partial charge in [0.15, 0.2) is 6.10 Å². The van der Waals surface area contributed by atoms with Gasteiger partial charge >= 0.3 is 17.9 Å². The van der Waals surface area contributed by atoms with Crippen LogP contribution in [0.15, 0.2) is 122 Å². The fraction of sp³-hybridized carbons (Fsp3) is 0.617. The topological polar surface area (TPSA) is 108 Å². The number of carbonyl (C=O) groups is 3. The third-order valence-electron chi connectivity index (χ3n) is 10.7. The number of carbonyl (C=O) groups excluding carboxylic acids is 2. The number of hydrogen-bond acceptors (Lipinski definition) is 7. The maximum absolute atomic E-state index is 12.8. The highest BCUT2D eigenvalue weighted by Gasteiger charge is 2.25. The Balaban J connectivity index is 4.26. The highest BCUT2D eigenvalue weighted by atomic mass is 16.7. The van der Waals surface area contributed by atoms with Crippen LogP contribution in [0.4, 0.5) is 0 Å². The van der Waals surface area contributed by atoms with Gasteiger partial charge in [0.05, 0.1) is 34.4 Å². The fourth-order valence-electron chi connectivity index (χ4n) is 6.63. The molecular weight excluding hydrogens is 863 g/mol. The minimum absolute atomic E-state index is 0.177. The first-order valence-corrected chi connectivity index (χ1v) is 26.7. The predicted octanol–water partition coefficient (Wildman–Crippen LogP) is 15.3. The van der Waals surface area contributed by atoms with E-state index in [1.807, 2.05) is 21.1 Å². The number of unbranched alkanes of at least 4 members (excludes halogenated alkanes) is 12. The van der Waals surface area contributed by atoms with Crippen molar-refractivity contribution in [2.75, 3.05) is 47.5 Å². The zero-order valence-corrected chi connectivity index (χ0v) is 44.2. The van der Waals surface area contributed by atoms with Gasteiger partial charge in [0.1, 0.15) is 13.2 Å². The van der Waals surface area contributed by atoms with Crippen molar-refractivity contribution in [3.63, 3.8) is 0 Å². The lowest BCUT2D eigenvalue weighted by Gasteiger charge is -2.25. The van der Waals surface area contributed by atoms with Gasteiger partial charge in [0.2, 0.25) is 0 Å². The third kappa shape index (κ3) is 51.4. The number of carboxylic acids is 1. The molecular formula is C60H98NO8+. The van der Waals surface area contributed by atoms with Gasteiger partial charge in [-0.1, -0.05) is 200 Å². The first-order chi connectivity index (χ1) is 33.6. The Bertz CT molecular complexity index is 1540. The highest BCUT2D eigenvalue weighted by Crippen LogP contribution is 2.13. The first kappa shape index (κ1) is 64.7. The molecule has 0 amide bonds. The summed E-state index contributed by atoms with van der Waals surface area (Å²) in [7, 11) is 5.94. The van der Waals surface area contributed by atoms with Crippen molar-refractivity contribution in [3.8, 4) is 0 Å². The molecule has 0 aromatic heterocycles. The summed E-state index contributed by atoms with van der Waals surface area (Å²) in [6, 6.07) is 0. The summed E-state index contributed by atoms with van der Waals surface area (Å²) in [4.78, 5) is 37.1. The van der Waals surface area contributed by atoms with Crippen molar-refractivity contribution in [1.29, 1.82) is 0 Å². The second-order valence-corrected chi connectivity index (χ2v) is 18.5. The Labute approximate surface area is 421 Å². The molecule has 2 atom stereocenters. The van der Waals surface area contributed by atoms with Gasteiger partial charge in [-0.05, 0) is 89.9 Å². The fourth-order valence-corrected chi connectivity index (χ4v) is 6.63. The van der Waals surface area contributed by atoms with Crippen LogP contribution in [0.3, 0.4) is 0 Å². The van der Waals surface area contributed by atoms with Crippen LogP contribution in [0, 0.1) is 0 Å². The van der Waals surface area contributed by atoms with E-state index in [9.17, 15) is 19.5 Å². The van der Waals surface area contributed by atoms with Gasteiger partial charge in [-0.15, -0.1) is 0 Å². The minimum atomic E-state index is -1.52. The van der Waals surface area contributed by atoms with Crippen LogP contribution in [0.2, 0.25) is 0 Å². The van der Waals surface area contributed by atoms with E-state index in [0.717, 1.165) is 109 Å². The Morgan fingerprint density at radius 3 is 1.23 bits per heavy atom. The summed E-state index contributed by atoms with van der Waals surface area (Å²) < 4.78 is 22.7. The average Bonchev–Trinajstić information content (AvgIpc) is 3.31. The quantitative estimate of drug-likeness (QED) is 0.0211. The van der Waals surface area contributed by atoms with Gasteiger partial charge in [-0.2, -0.15) is 0 Å². The van der Waals surface area contributed by atoms with E-state index in [0.29, 0.717) is 23.9 Å². The molecule has 0 heterocycles. The zero-order chi connectivity index (χ0) is 50.6. The highest BCUT2D eigenvalue weighted by molar-refractivity contribution is 5.71. The molecule has 0 aliphatic heterocycles. The zero-order valence-electron chi connectivity index (χ0n) is 44.2. The molecule has 9 nitrogen and oxygen atoms in total. The number of esters is 2. The molecule has 2 unspecified atom stereocenters. The number of nitrogens with zero attached hydrogens (tertiary/aromatic N) is 1. The summed E-state index contributed by atoms with van der Waals surface area (Å²) in [5.74, 6) is -2.06. The molecule has 0 spiro atoms. The van der Waals surface area contributed by atoms with E-state index >= 15 is 0 Å². The van der Waals surface area contributed by atoms with Crippen molar-refractivity contribution in [2.24, 2.45) is 0 Å². The SMILES string of the molecule is CC/C=C\C/C=C\C/C=C\C/C=C\C/C=C\C/C=C\C/C=C\C/C=C\C/C=C\C/C=C\CCCCCCC(=O)OC(COC(=O)CCCCCCCCCCC)COC(OCC[N+](C)(C)C)C(=O)O. The van der Waals surface area contributed by atoms with Crippen LogP contribution in [-0.4, -0.2) is 87.4 Å². The van der Waals surface area contributed by atoms with Crippen molar-refractivity contribution >= 4 is 17.9 Å². The monoisotopic (exact) mass is 961 g/mol. The number of likely N-dealkylation sites (N-methyl/N-ethyl adjacent to an activating group) is 1. The van der Waals surface area contributed by atoms with Gasteiger partial charge < -0.3 is 28.5 Å². The van der Waals surface area contributed by atoms with E-state index in [4.69, 9.17) is 18.9 Å². The molecule has 0 bridgehead atoms. The van der Waals surface area contributed by atoms with Crippen LogP contribution < -0.4 is 0 Å². The number of ether oxygens (including phenoxy) is 4. The number of allylic oxidation sites excluding steroid dienone is 20. The number of aliphatic carboxylic acids is 1. The molecule has 0 aromatic carbocycles. The van der Waals surface area contributed by atoms with E-state index in [1.54, 1.807) is 0 Å². The molecule has 0 saturated heterocycles. The minimum Gasteiger partial charge on any atom is -0.477 e. The van der Waals surface area contributed by atoms with Crippen LogP contribution in [0.25, 0.3) is 0 Å². The molecule has 0 saturated carbocycles. The van der Waals surface area contributed by atoms with Crippen LogP contribution in [-0.2, 0) is 33.3 Å². The van der Waals surface area contributed by atoms with E-state index in [-0.39, 0.29) is 32.2 Å². The van der Waals surface area contributed by atoms with Crippen molar-refractivity contribution in [2.45, 2.75) is 193 Å². The van der Waals surface area contributed by atoms with E-state index in [1.165, 1.54) is 38.5 Å². The number of hydrogen-bond donors (Lipinski definition) is 1. The molecule has 0 aliphatic rings. The molecule has 390 valence electrons. The van der Waals surface area contributed by atoms with Crippen molar-refractivity contribution < 1.29 is 42.9 Å². The Kier molecular flexibility index (Phi) is 47.0. The molecule has 9 heteroatoms. The molecule has 0 aromatic rings. The number of rotatable bonds is 47. The maximum atomic E-state index is 12.8. The summed E-state index contributed by atoms with van der Waals surface area (Å²) in [6.45, 7) is 4.67. The number of carboxylic acid groups (broad SMARTS) is 1.